The van der Waals surface area contributed by atoms with Crippen LogP contribution >= 0.6 is 15.9 Å². The summed E-state index contributed by atoms with van der Waals surface area (Å²) in [7, 11) is 0. The number of amides is 1. The minimum absolute atomic E-state index is 0.00190. The van der Waals surface area contributed by atoms with Crippen molar-refractivity contribution in [3.63, 3.8) is 0 Å². The van der Waals surface area contributed by atoms with Crippen LogP contribution in [0.1, 0.15) is 24.8 Å². The van der Waals surface area contributed by atoms with Crippen molar-refractivity contribution in [3.05, 3.63) is 28.2 Å². The van der Waals surface area contributed by atoms with E-state index in [1.165, 1.54) is 0 Å². The lowest BCUT2D eigenvalue weighted by atomic mass is 9.92. The lowest BCUT2D eigenvalue weighted by molar-refractivity contribution is -0.138. The van der Waals surface area contributed by atoms with Gasteiger partial charge in [-0.05, 0) is 52.9 Å². The van der Waals surface area contributed by atoms with E-state index >= 15 is 0 Å². The van der Waals surface area contributed by atoms with Crippen molar-refractivity contribution >= 4 is 33.5 Å². The summed E-state index contributed by atoms with van der Waals surface area (Å²) >= 11 is 3.48. The zero-order chi connectivity index (χ0) is 14.0. The predicted octanol–water partition coefficient (Wildman–Crippen LogP) is 2.98. The van der Waals surface area contributed by atoms with E-state index in [9.17, 15) is 9.59 Å². The van der Waals surface area contributed by atoms with Gasteiger partial charge in [-0.15, -0.1) is 0 Å². The molecule has 2 rings (SSSR count). The molecule has 0 radical (unpaired) electrons. The smallest absolute Gasteiger partial charge is 0.303 e. The molecule has 1 atom stereocenters. The minimum atomic E-state index is -0.831. The molecule has 1 aliphatic heterocycles. The minimum Gasteiger partial charge on any atom is -0.481 e. The van der Waals surface area contributed by atoms with E-state index in [0.29, 0.717) is 13.0 Å². The van der Waals surface area contributed by atoms with Crippen LogP contribution in [-0.2, 0) is 9.59 Å². The van der Waals surface area contributed by atoms with Gasteiger partial charge in [0.05, 0.1) is 5.69 Å². The van der Waals surface area contributed by atoms with E-state index in [0.717, 1.165) is 22.1 Å². The summed E-state index contributed by atoms with van der Waals surface area (Å²) in [6.07, 6.45) is 1.12. The van der Waals surface area contributed by atoms with Crippen LogP contribution in [0.25, 0.3) is 0 Å². The van der Waals surface area contributed by atoms with Gasteiger partial charge in [0.25, 0.3) is 0 Å². The van der Waals surface area contributed by atoms with Crippen LogP contribution in [0.5, 0.6) is 0 Å². The fourth-order valence-electron chi connectivity index (χ4n) is 2.40. The molecule has 0 spiro atoms. The number of carboxylic acid groups (broad SMARTS) is 1. The number of halogens is 1. The number of hydrogen-bond donors (Lipinski definition) is 1. The van der Waals surface area contributed by atoms with Crippen LogP contribution in [0.2, 0.25) is 0 Å². The second-order valence-corrected chi connectivity index (χ2v) is 5.81. The van der Waals surface area contributed by atoms with E-state index in [1.54, 1.807) is 4.90 Å². The van der Waals surface area contributed by atoms with Gasteiger partial charge in [-0.25, -0.2) is 0 Å². The number of hydrogen-bond acceptors (Lipinski definition) is 2. The number of nitrogens with zero attached hydrogens (tertiary/aromatic N) is 1. The van der Waals surface area contributed by atoms with Crippen LogP contribution in [-0.4, -0.2) is 23.5 Å². The van der Waals surface area contributed by atoms with Crippen LogP contribution in [0, 0.1) is 12.8 Å². The lowest BCUT2D eigenvalue weighted by Crippen LogP contribution is -2.39. The third-order valence-corrected chi connectivity index (χ3v) is 4.02. The summed E-state index contributed by atoms with van der Waals surface area (Å²) in [5, 5.41) is 8.78. The maximum absolute atomic E-state index is 12.1. The van der Waals surface area contributed by atoms with Crippen molar-refractivity contribution in [2.75, 3.05) is 11.4 Å². The maximum Gasteiger partial charge on any atom is 0.303 e. The van der Waals surface area contributed by atoms with Crippen molar-refractivity contribution in [1.29, 1.82) is 0 Å². The summed E-state index contributed by atoms with van der Waals surface area (Å²) in [6, 6.07) is 5.87. The van der Waals surface area contributed by atoms with Crippen molar-refractivity contribution in [3.8, 4) is 0 Å². The van der Waals surface area contributed by atoms with Gasteiger partial charge in [0, 0.05) is 23.9 Å². The van der Waals surface area contributed by atoms with Crippen molar-refractivity contribution in [2.24, 2.45) is 5.92 Å². The van der Waals surface area contributed by atoms with E-state index < -0.39 is 5.97 Å². The number of benzene rings is 1. The van der Waals surface area contributed by atoms with Crippen molar-refractivity contribution in [2.45, 2.75) is 26.2 Å². The molecule has 1 heterocycles. The Labute approximate surface area is 120 Å². The van der Waals surface area contributed by atoms with Crippen LogP contribution in [0.4, 0.5) is 5.69 Å². The third kappa shape index (κ3) is 3.35. The number of aryl methyl sites for hydroxylation is 1. The molecule has 1 N–H and O–H groups in total. The second-order valence-electron chi connectivity index (χ2n) is 4.96. The molecule has 1 aromatic carbocycles. The molecule has 0 aliphatic carbocycles. The summed E-state index contributed by atoms with van der Waals surface area (Å²) in [5.41, 5.74) is 1.99. The largest absolute Gasteiger partial charge is 0.481 e. The average Bonchev–Trinajstić information content (AvgIpc) is 2.30. The molecule has 1 saturated heterocycles. The van der Waals surface area contributed by atoms with E-state index in [4.69, 9.17) is 5.11 Å². The first-order chi connectivity index (χ1) is 8.97. The molecular weight excluding hydrogens is 310 g/mol. The van der Waals surface area contributed by atoms with Gasteiger partial charge in [0.2, 0.25) is 5.91 Å². The van der Waals surface area contributed by atoms with E-state index in [2.05, 4.69) is 15.9 Å². The molecule has 19 heavy (non-hydrogen) atoms. The summed E-state index contributed by atoms with van der Waals surface area (Å²) in [6.45, 7) is 2.58. The molecule has 5 heteroatoms. The van der Waals surface area contributed by atoms with E-state index in [-0.39, 0.29) is 18.2 Å². The summed E-state index contributed by atoms with van der Waals surface area (Å²) in [4.78, 5) is 24.6. The molecule has 0 aromatic heterocycles. The predicted molar refractivity (Wildman–Crippen MR) is 76.2 cm³/mol. The zero-order valence-corrected chi connectivity index (χ0v) is 12.3. The number of carbonyl (C=O) groups is 2. The number of carboxylic acids is 1. The highest BCUT2D eigenvalue weighted by Gasteiger charge is 2.28. The Morgan fingerprint density at radius 1 is 1.53 bits per heavy atom. The van der Waals surface area contributed by atoms with Gasteiger partial charge in [-0.2, -0.15) is 0 Å². The Kier molecular flexibility index (Phi) is 4.24. The topological polar surface area (TPSA) is 57.6 Å². The maximum atomic E-state index is 12.1. The van der Waals surface area contributed by atoms with Gasteiger partial charge < -0.3 is 10.0 Å². The Hall–Kier alpha value is -1.36. The van der Waals surface area contributed by atoms with Gasteiger partial charge >= 0.3 is 5.97 Å². The number of piperidine rings is 1. The molecule has 4 nitrogen and oxygen atoms in total. The number of carbonyl (C=O) groups excluding carboxylic acids is 1. The highest BCUT2D eigenvalue weighted by atomic mass is 79.9. The Morgan fingerprint density at radius 2 is 2.26 bits per heavy atom. The summed E-state index contributed by atoms with van der Waals surface area (Å²) in [5.74, 6) is -0.865. The first kappa shape index (κ1) is 14.1. The zero-order valence-electron chi connectivity index (χ0n) is 10.7. The quantitative estimate of drug-likeness (QED) is 0.929. The molecule has 1 fully saturated rings. The highest BCUT2D eigenvalue weighted by Crippen LogP contribution is 2.32. The number of rotatable bonds is 3. The fraction of sp³-hybridized carbons (Fsp3) is 0.429. The molecule has 0 bridgehead atoms. The standard InChI is InChI=1S/C14H16BrNO3/c1-9-2-3-12(11(15)6-9)16-5-4-10(7-13(16)17)8-14(18)19/h2-3,6,10H,4-5,7-8H2,1H3,(H,18,19). The SMILES string of the molecule is Cc1ccc(N2CCC(CC(=O)O)CC2=O)c(Br)c1. The molecule has 1 amide bonds. The first-order valence-corrected chi connectivity index (χ1v) is 7.05. The molecule has 0 saturated carbocycles. The van der Waals surface area contributed by atoms with Crippen LogP contribution in [0.3, 0.4) is 0 Å². The van der Waals surface area contributed by atoms with Crippen molar-refractivity contribution < 1.29 is 14.7 Å². The average molecular weight is 326 g/mol. The monoisotopic (exact) mass is 325 g/mol. The first-order valence-electron chi connectivity index (χ1n) is 6.25. The van der Waals surface area contributed by atoms with Gasteiger partial charge in [0.1, 0.15) is 0 Å². The Bertz CT molecular complexity index is 515. The molecule has 1 aliphatic rings. The normalized spacial score (nSPS) is 19.6. The third-order valence-electron chi connectivity index (χ3n) is 3.38. The molecular formula is C14H16BrNO3. The van der Waals surface area contributed by atoms with Crippen LogP contribution in [0.15, 0.2) is 22.7 Å². The number of anilines is 1. The van der Waals surface area contributed by atoms with Gasteiger partial charge in [0.15, 0.2) is 0 Å². The fourth-order valence-corrected chi connectivity index (χ4v) is 3.11. The lowest BCUT2D eigenvalue weighted by Gasteiger charge is -2.31. The Balaban J connectivity index is 2.11. The summed E-state index contributed by atoms with van der Waals surface area (Å²) < 4.78 is 0.900. The highest BCUT2D eigenvalue weighted by molar-refractivity contribution is 9.10. The number of aliphatic carboxylic acids is 1. The van der Waals surface area contributed by atoms with E-state index in [1.807, 2.05) is 25.1 Å². The second kappa shape index (κ2) is 5.74. The van der Waals surface area contributed by atoms with Crippen LogP contribution < -0.4 is 4.90 Å². The van der Waals surface area contributed by atoms with Crippen molar-refractivity contribution in [1.82, 2.24) is 0 Å². The molecule has 1 unspecified atom stereocenters. The van der Waals surface area contributed by atoms with Gasteiger partial charge in [-0.1, -0.05) is 6.07 Å². The molecule has 102 valence electrons. The Morgan fingerprint density at radius 3 is 2.84 bits per heavy atom. The van der Waals surface area contributed by atoms with Gasteiger partial charge in [-0.3, -0.25) is 9.59 Å². The molecule has 1 aromatic rings.